The molecule has 1 saturated heterocycles. The van der Waals surface area contributed by atoms with Crippen molar-refractivity contribution in [2.45, 2.75) is 46.5 Å². The van der Waals surface area contributed by atoms with Crippen molar-refractivity contribution >= 4 is 5.97 Å². The first-order chi connectivity index (χ1) is 7.99. The smallest absolute Gasteiger partial charge is 0.314 e. The highest BCUT2D eigenvalue weighted by atomic mass is 16.5. The van der Waals surface area contributed by atoms with E-state index in [1.807, 2.05) is 0 Å². The van der Waals surface area contributed by atoms with Crippen molar-refractivity contribution in [3.8, 4) is 0 Å². The SMILES string of the molecule is C=C1CC(C/C=C(\C)CCC=C(C)C)C(=O)O1. The topological polar surface area (TPSA) is 26.3 Å². The van der Waals surface area contributed by atoms with Gasteiger partial charge in [0.25, 0.3) is 0 Å². The second-order valence-electron chi connectivity index (χ2n) is 4.97. The van der Waals surface area contributed by atoms with Crippen LogP contribution < -0.4 is 0 Å². The fraction of sp³-hybridized carbons (Fsp3) is 0.533. The number of esters is 1. The van der Waals surface area contributed by atoms with Gasteiger partial charge in [0.2, 0.25) is 0 Å². The van der Waals surface area contributed by atoms with Crippen molar-refractivity contribution < 1.29 is 9.53 Å². The predicted octanol–water partition coefficient (Wildman–Crippen LogP) is 4.15. The van der Waals surface area contributed by atoms with E-state index in [2.05, 4.69) is 39.5 Å². The molecule has 1 heterocycles. The lowest BCUT2D eigenvalue weighted by Gasteiger charge is -2.02. The average molecular weight is 234 g/mol. The number of hydrogen-bond acceptors (Lipinski definition) is 2. The first kappa shape index (κ1) is 13.8. The van der Waals surface area contributed by atoms with Crippen LogP contribution in [-0.2, 0) is 9.53 Å². The summed E-state index contributed by atoms with van der Waals surface area (Å²) in [6, 6.07) is 0. The molecule has 1 aliphatic rings. The molecule has 94 valence electrons. The zero-order valence-electron chi connectivity index (χ0n) is 11.1. The molecule has 0 N–H and O–H groups in total. The van der Waals surface area contributed by atoms with Crippen LogP contribution in [0.15, 0.2) is 35.6 Å². The van der Waals surface area contributed by atoms with Crippen LogP contribution in [0.1, 0.15) is 46.5 Å². The molecule has 0 aromatic rings. The third kappa shape index (κ3) is 5.03. The maximum Gasteiger partial charge on any atom is 0.314 e. The normalized spacial score (nSPS) is 20.4. The van der Waals surface area contributed by atoms with Crippen LogP contribution in [-0.4, -0.2) is 5.97 Å². The van der Waals surface area contributed by atoms with E-state index in [9.17, 15) is 4.79 Å². The first-order valence-corrected chi connectivity index (χ1v) is 6.17. The fourth-order valence-electron chi connectivity index (χ4n) is 1.84. The van der Waals surface area contributed by atoms with Gasteiger partial charge in [-0.25, -0.2) is 0 Å². The quantitative estimate of drug-likeness (QED) is 0.527. The Morgan fingerprint density at radius 1 is 1.41 bits per heavy atom. The summed E-state index contributed by atoms with van der Waals surface area (Å²) >= 11 is 0. The van der Waals surface area contributed by atoms with E-state index < -0.39 is 0 Å². The van der Waals surface area contributed by atoms with Gasteiger partial charge in [-0.3, -0.25) is 4.79 Å². The molecule has 1 rings (SSSR count). The van der Waals surface area contributed by atoms with E-state index in [-0.39, 0.29) is 11.9 Å². The van der Waals surface area contributed by atoms with E-state index >= 15 is 0 Å². The van der Waals surface area contributed by atoms with E-state index in [0.29, 0.717) is 12.2 Å². The van der Waals surface area contributed by atoms with Crippen molar-refractivity contribution in [3.63, 3.8) is 0 Å². The van der Waals surface area contributed by atoms with Crippen LogP contribution in [0.2, 0.25) is 0 Å². The molecule has 1 unspecified atom stereocenters. The molecular formula is C15H22O2. The summed E-state index contributed by atoms with van der Waals surface area (Å²) in [5.41, 5.74) is 2.70. The van der Waals surface area contributed by atoms with Crippen LogP contribution in [0, 0.1) is 5.92 Å². The Morgan fingerprint density at radius 2 is 2.12 bits per heavy atom. The van der Waals surface area contributed by atoms with Crippen LogP contribution in [0.5, 0.6) is 0 Å². The molecule has 0 spiro atoms. The first-order valence-electron chi connectivity index (χ1n) is 6.17. The number of carbonyl (C=O) groups excluding carboxylic acids is 1. The molecule has 17 heavy (non-hydrogen) atoms. The number of carbonyl (C=O) groups is 1. The highest BCUT2D eigenvalue weighted by Gasteiger charge is 2.28. The largest absolute Gasteiger partial charge is 0.431 e. The van der Waals surface area contributed by atoms with Crippen molar-refractivity contribution in [2.75, 3.05) is 0 Å². The summed E-state index contributed by atoms with van der Waals surface area (Å²) in [5.74, 6) is 0.472. The lowest BCUT2D eigenvalue weighted by atomic mass is 10.0. The fourth-order valence-corrected chi connectivity index (χ4v) is 1.84. The Hall–Kier alpha value is -1.31. The summed E-state index contributed by atoms with van der Waals surface area (Å²) in [5, 5.41) is 0. The highest BCUT2D eigenvalue weighted by Crippen LogP contribution is 2.26. The van der Waals surface area contributed by atoms with Crippen molar-refractivity contribution in [2.24, 2.45) is 5.92 Å². The Morgan fingerprint density at radius 3 is 2.65 bits per heavy atom. The number of ether oxygens (including phenoxy) is 1. The average Bonchev–Trinajstić information content (AvgIpc) is 2.54. The molecular weight excluding hydrogens is 212 g/mol. The van der Waals surface area contributed by atoms with Gasteiger partial charge in [-0.05, 0) is 40.0 Å². The Balaban J connectivity index is 2.35. The lowest BCUT2D eigenvalue weighted by Crippen LogP contribution is -2.06. The Kier molecular flexibility index (Phi) is 5.20. The molecule has 0 bridgehead atoms. The van der Waals surface area contributed by atoms with Crippen LogP contribution >= 0.6 is 0 Å². The molecule has 0 aromatic heterocycles. The van der Waals surface area contributed by atoms with E-state index in [1.54, 1.807) is 0 Å². The maximum absolute atomic E-state index is 11.4. The minimum absolute atomic E-state index is 0.0131. The Bertz CT molecular complexity index is 357. The highest BCUT2D eigenvalue weighted by molar-refractivity contribution is 5.76. The van der Waals surface area contributed by atoms with Gasteiger partial charge < -0.3 is 4.74 Å². The van der Waals surface area contributed by atoms with E-state index in [4.69, 9.17) is 4.74 Å². The number of hydrogen-bond donors (Lipinski definition) is 0. The number of rotatable bonds is 5. The van der Waals surface area contributed by atoms with Gasteiger partial charge >= 0.3 is 5.97 Å². The second-order valence-corrected chi connectivity index (χ2v) is 4.97. The van der Waals surface area contributed by atoms with E-state index in [1.165, 1.54) is 11.1 Å². The second kappa shape index (κ2) is 6.43. The van der Waals surface area contributed by atoms with E-state index in [0.717, 1.165) is 19.3 Å². The summed E-state index contributed by atoms with van der Waals surface area (Å²) in [6.45, 7) is 10.0. The zero-order chi connectivity index (χ0) is 12.8. The molecule has 0 radical (unpaired) electrons. The van der Waals surface area contributed by atoms with Crippen molar-refractivity contribution in [3.05, 3.63) is 35.6 Å². The van der Waals surface area contributed by atoms with Crippen LogP contribution in [0.3, 0.4) is 0 Å². The summed E-state index contributed by atoms with van der Waals surface area (Å²) in [7, 11) is 0. The molecule has 1 atom stereocenters. The monoisotopic (exact) mass is 234 g/mol. The minimum atomic E-state index is -0.122. The summed E-state index contributed by atoms with van der Waals surface area (Å²) in [4.78, 5) is 11.4. The third-order valence-corrected chi connectivity index (χ3v) is 2.89. The molecule has 0 aromatic carbocycles. The lowest BCUT2D eigenvalue weighted by molar-refractivity contribution is -0.138. The van der Waals surface area contributed by atoms with Gasteiger partial charge in [0.15, 0.2) is 0 Å². The van der Waals surface area contributed by atoms with Crippen molar-refractivity contribution in [1.29, 1.82) is 0 Å². The van der Waals surface area contributed by atoms with Gasteiger partial charge in [0.1, 0.15) is 5.76 Å². The summed E-state index contributed by atoms with van der Waals surface area (Å²) < 4.78 is 4.95. The summed E-state index contributed by atoms with van der Waals surface area (Å²) in [6.07, 6.45) is 7.99. The minimum Gasteiger partial charge on any atom is -0.431 e. The predicted molar refractivity (Wildman–Crippen MR) is 70.4 cm³/mol. The third-order valence-electron chi connectivity index (χ3n) is 2.89. The van der Waals surface area contributed by atoms with Gasteiger partial charge in [0.05, 0.1) is 5.92 Å². The zero-order valence-corrected chi connectivity index (χ0v) is 11.1. The standard InChI is InChI=1S/C15H22O2/c1-11(2)6-5-7-12(3)8-9-14-10-13(4)17-15(14)16/h6,8,14H,4-5,7,9-10H2,1-3H3/b12-8+. The Labute approximate surface area is 104 Å². The van der Waals surface area contributed by atoms with Gasteiger partial charge in [-0.15, -0.1) is 0 Å². The molecule has 0 saturated carbocycles. The number of cyclic esters (lactones) is 1. The van der Waals surface area contributed by atoms with Gasteiger partial charge in [-0.1, -0.05) is 29.9 Å². The molecule has 1 aliphatic heterocycles. The molecule has 2 heteroatoms. The number of allylic oxidation sites excluding steroid dienone is 5. The van der Waals surface area contributed by atoms with Crippen molar-refractivity contribution in [1.82, 2.24) is 0 Å². The maximum atomic E-state index is 11.4. The van der Waals surface area contributed by atoms with Gasteiger partial charge in [-0.2, -0.15) is 0 Å². The molecule has 0 amide bonds. The molecule has 2 nitrogen and oxygen atoms in total. The molecule has 0 aliphatic carbocycles. The molecule has 1 fully saturated rings. The van der Waals surface area contributed by atoms with Crippen LogP contribution in [0.25, 0.3) is 0 Å². The van der Waals surface area contributed by atoms with Gasteiger partial charge in [0, 0.05) is 6.42 Å². The van der Waals surface area contributed by atoms with Crippen LogP contribution in [0.4, 0.5) is 0 Å².